The normalized spacial score (nSPS) is 29.6. The van der Waals surface area contributed by atoms with Gasteiger partial charge in [-0.1, -0.05) is 32.1 Å². The molecule has 0 spiro atoms. The molecule has 0 aliphatic carbocycles. The molecule has 0 aromatic rings. The van der Waals surface area contributed by atoms with Crippen LogP contribution in [0.4, 0.5) is 0 Å². The van der Waals surface area contributed by atoms with Crippen LogP contribution in [0, 0.1) is 0 Å². The SMILES string of the molecule is O=C(CCCCCCCCCO)NC[C@H]1N[C@H](CO)[C@@H](O)[C@H](O)[C@H]1O. The van der Waals surface area contributed by atoms with Gasteiger partial charge in [0.25, 0.3) is 0 Å². The molecule has 0 aromatic carbocycles. The second kappa shape index (κ2) is 12.6. The monoisotopic (exact) mass is 362 g/mol. The molecule has 1 amide bonds. The fraction of sp³-hybridized carbons (Fsp3) is 0.941. The molecule has 0 saturated carbocycles. The quantitative estimate of drug-likeness (QED) is 0.212. The largest absolute Gasteiger partial charge is 0.396 e. The van der Waals surface area contributed by atoms with E-state index in [0.29, 0.717) is 6.42 Å². The van der Waals surface area contributed by atoms with E-state index < -0.39 is 30.4 Å². The molecule has 1 fully saturated rings. The first-order valence-corrected chi connectivity index (χ1v) is 9.30. The lowest BCUT2D eigenvalue weighted by molar-refractivity contribution is -0.126. The van der Waals surface area contributed by atoms with Crippen molar-refractivity contribution in [3.63, 3.8) is 0 Å². The zero-order chi connectivity index (χ0) is 18.7. The number of carbonyl (C=O) groups is 1. The van der Waals surface area contributed by atoms with Crippen molar-refractivity contribution >= 4 is 5.91 Å². The highest BCUT2D eigenvalue weighted by Crippen LogP contribution is 2.15. The molecule has 7 N–H and O–H groups in total. The number of unbranched alkanes of at least 4 members (excludes halogenated alkanes) is 6. The van der Waals surface area contributed by atoms with Gasteiger partial charge in [-0.25, -0.2) is 0 Å². The Bertz CT molecular complexity index is 369. The van der Waals surface area contributed by atoms with Gasteiger partial charge in [-0.15, -0.1) is 0 Å². The smallest absolute Gasteiger partial charge is 0.220 e. The van der Waals surface area contributed by atoms with Crippen molar-refractivity contribution in [2.24, 2.45) is 0 Å². The van der Waals surface area contributed by atoms with Gasteiger partial charge in [-0.3, -0.25) is 4.79 Å². The molecular weight excluding hydrogens is 328 g/mol. The van der Waals surface area contributed by atoms with Crippen LogP contribution >= 0.6 is 0 Å². The Morgan fingerprint density at radius 1 is 0.800 bits per heavy atom. The third-order valence-corrected chi connectivity index (χ3v) is 4.73. The average molecular weight is 362 g/mol. The Labute approximate surface area is 149 Å². The maximum Gasteiger partial charge on any atom is 0.220 e. The van der Waals surface area contributed by atoms with E-state index in [-0.39, 0.29) is 25.7 Å². The van der Waals surface area contributed by atoms with E-state index in [2.05, 4.69) is 10.6 Å². The molecule has 1 aliphatic heterocycles. The van der Waals surface area contributed by atoms with Crippen LogP contribution in [0.15, 0.2) is 0 Å². The van der Waals surface area contributed by atoms with Gasteiger partial charge in [-0.2, -0.15) is 0 Å². The lowest BCUT2D eigenvalue weighted by Gasteiger charge is -2.41. The molecule has 8 nitrogen and oxygen atoms in total. The fourth-order valence-electron chi connectivity index (χ4n) is 3.08. The Hall–Kier alpha value is -0.770. The summed E-state index contributed by atoms with van der Waals surface area (Å²) in [5.41, 5.74) is 0. The van der Waals surface area contributed by atoms with E-state index in [4.69, 9.17) is 5.11 Å². The highest BCUT2D eigenvalue weighted by Gasteiger charge is 2.41. The molecular formula is C17H34N2O6. The summed E-state index contributed by atoms with van der Waals surface area (Å²) in [7, 11) is 0. The van der Waals surface area contributed by atoms with Crippen molar-refractivity contribution in [2.45, 2.75) is 81.8 Å². The molecule has 1 rings (SSSR count). The minimum absolute atomic E-state index is 0.115. The average Bonchev–Trinajstić information content (AvgIpc) is 2.61. The van der Waals surface area contributed by atoms with Gasteiger partial charge >= 0.3 is 0 Å². The number of rotatable bonds is 12. The minimum atomic E-state index is -1.36. The number of amides is 1. The molecule has 8 heteroatoms. The molecule has 25 heavy (non-hydrogen) atoms. The number of hydrogen-bond donors (Lipinski definition) is 7. The number of aliphatic hydroxyl groups is 5. The van der Waals surface area contributed by atoms with Crippen molar-refractivity contribution < 1.29 is 30.3 Å². The third kappa shape index (κ3) is 7.98. The summed E-state index contributed by atoms with van der Waals surface area (Å²) < 4.78 is 0. The molecule has 1 aliphatic rings. The number of piperidine rings is 1. The van der Waals surface area contributed by atoms with Crippen LogP contribution in [0.5, 0.6) is 0 Å². The van der Waals surface area contributed by atoms with Gasteiger partial charge in [0.1, 0.15) is 6.10 Å². The first-order valence-electron chi connectivity index (χ1n) is 9.30. The highest BCUT2D eigenvalue weighted by atomic mass is 16.4. The lowest BCUT2D eigenvalue weighted by atomic mass is 9.90. The molecule has 0 unspecified atom stereocenters. The van der Waals surface area contributed by atoms with Crippen molar-refractivity contribution in [2.75, 3.05) is 19.8 Å². The van der Waals surface area contributed by atoms with E-state index in [1.807, 2.05) is 0 Å². The molecule has 0 radical (unpaired) electrons. The molecule has 148 valence electrons. The number of hydrogen-bond acceptors (Lipinski definition) is 7. The first-order chi connectivity index (χ1) is 12.0. The summed E-state index contributed by atoms with van der Waals surface area (Å²) in [4.78, 5) is 11.9. The molecule has 1 saturated heterocycles. The van der Waals surface area contributed by atoms with Crippen LogP contribution in [0.1, 0.15) is 51.4 Å². The van der Waals surface area contributed by atoms with E-state index in [9.17, 15) is 25.2 Å². The van der Waals surface area contributed by atoms with Crippen LogP contribution in [-0.2, 0) is 4.79 Å². The Morgan fingerprint density at radius 3 is 1.96 bits per heavy atom. The highest BCUT2D eigenvalue weighted by molar-refractivity contribution is 5.75. The first kappa shape index (κ1) is 22.3. The van der Waals surface area contributed by atoms with Crippen molar-refractivity contribution in [3.05, 3.63) is 0 Å². The second-order valence-corrected chi connectivity index (χ2v) is 6.79. The van der Waals surface area contributed by atoms with Gasteiger partial charge in [0.15, 0.2) is 0 Å². The second-order valence-electron chi connectivity index (χ2n) is 6.79. The Kier molecular flexibility index (Phi) is 11.2. The molecule has 5 atom stereocenters. The number of carbonyl (C=O) groups excluding carboxylic acids is 1. The standard InChI is InChI=1S/C17H34N2O6/c20-9-7-5-3-1-2-4-6-8-14(22)18-10-12-15(23)17(25)16(24)13(11-21)19-12/h12-13,15-17,19-21,23-25H,1-11H2,(H,18,22)/t12-,13-,15+,16-,17-/m1/s1. The van der Waals surface area contributed by atoms with E-state index in [0.717, 1.165) is 44.9 Å². The van der Waals surface area contributed by atoms with E-state index in [1.54, 1.807) is 0 Å². The summed E-state index contributed by atoms with van der Waals surface area (Å²) in [6.07, 6.45) is 3.57. The lowest BCUT2D eigenvalue weighted by Crippen LogP contribution is -2.68. The predicted octanol–water partition coefficient (Wildman–Crippen LogP) is -1.37. The van der Waals surface area contributed by atoms with Crippen molar-refractivity contribution in [1.82, 2.24) is 10.6 Å². The summed E-state index contributed by atoms with van der Waals surface area (Å²) in [5, 5.41) is 52.9. The summed E-state index contributed by atoms with van der Waals surface area (Å²) in [5.74, 6) is -0.115. The van der Waals surface area contributed by atoms with Crippen LogP contribution in [0.2, 0.25) is 0 Å². The zero-order valence-electron chi connectivity index (χ0n) is 14.8. The van der Waals surface area contributed by atoms with Gasteiger partial charge in [0.2, 0.25) is 5.91 Å². The summed E-state index contributed by atoms with van der Waals surface area (Å²) >= 11 is 0. The fourth-order valence-corrected chi connectivity index (χ4v) is 3.08. The van der Waals surface area contributed by atoms with Gasteiger partial charge in [0, 0.05) is 19.6 Å². The minimum Gasteiger partial charge on any atom is -0.396 e. The van der Waals surface area contributed by atoms with Crippen LogP contribution in [-0.4, -0.2) is 81.6 Å². The Balaban J connectivity index is 2.14. The maximum absolute atomic E-state index is 11.9. The maximum atomic E-state index is 11.9. The van der Waals surface area contributed by atoms with E-state index in [1.165, 1.54) is 0 Å². The number of nitrogens with one attached hydrogen (secondary N) is 2. The predicted molar refractivity (Wildman–Crippen MR) is 92.8 cm³/mol. The van der Waals surface area contributed by atoms with Crippen LogP contribution in [0.3, 0.4) is 0 Å². The van der Waals surface area contributed by atoms with Crippen molar-refractivity contribution in [1.29, 1.82) is 0 Å². The topological polar surface area (TPSA) is 142 Å². The number of aliphatic hydroxyl groups excluding tert-OH is 5. The van der Waals surface area contributed by atoms with Crippen LogP contribution in [0.25, 0.3) is 0 Å². The van der Waals surface area contributed by atoms with Gasteiger partial charge in [0.05, 0.1) is 30.9 Å². The zero-order valence-corrected chi connectivity index (χ0v) is 14.8. The third-order valence-electron chi connectivity index (χ3n) is 4.73. The molecule has 0 bridgehead atoms. The molecule has 1 heterocycles. The molecule has 0 aromatic heterocycles. The summed E-state index contributed by atoms with van der Waals surface area (Å²) in [6, 6.07) is -1.35. The summed E-state index contributed by atoms with van der Waals surface area (Å²) in [6.45, 7) is 0.00883. The van der Waals surface area contributed by atoms with E-state index >= 15 is 0 Å². The van der Waals surface area contributed by atoms with Crippen molar-refractivity contribution in [3.8, 4) is 0 Å². The Morgan fingerprint density at radius 2 is 1.36 bits per heavy atom. The van der Waals surface area contributed by atoms with Gasteiger partial charge in [-0.05, 0) is 12.8 Å². The van der Waals surface area contributed by atoms with Crippen LogP contribution < -0.4 is 10.6 Å². The van der Waals surface area contributed by atoms with Gasteiger partial charge < -0.3 is 36.2 Å².